The maximum absolute atomic E-state index is 13.3. The fraction of sp³-hybridized carbons (Fsp3) is 0.455. The predicted molar refractivity (Wildman–Crippen MR) is 115 cm³/mol. The molecule has 4 nitrogen and oxygen atoms in total. The lowest BCUT2D eigenvalue weighted by atomic mass is 9.93. The molecule has 2 atom stereocenters. The Balaban J connectivity index is 1.87. The standard InChI is InChI=1S/C22H27ClN2O2S/c1-15(2)13-24(22(27)16(3)23)14-20(26)25-11-9-19-18(10-12-28-19)21(25)17-7-5-4-6-8-17/h4-8,10,12,15-16,21H,9,11,13-14H2,1-3H3/t16-,21-/m0/s1. The first-order valence-electron chi connectivity index (χ1n) is 9.72. The highest BCUT2D eigenvalue weighted by atomic mass is 35.5. The van der Waals surface area contributed by atoms with Crippen molar-refractivity contribution in [2.45, 2.75) is 38.6 Å². The van der Waals surface area contributed by atoms with Gasteiger partial charge in [-0.1, -0.05) is 44.2 Å². The molecule has 0 spiro atoms. The average molecular weight is 419 g/mol. The number of alkyl halides is 1. The molecule has 6 heteroatoms. The normalized spacial score (nSPS) is 17.3. The van der Waals surface area contributed by atoms with Crippen LogP contribution in [0.3, 0.4) is 0 Å². The second-order valence-electron chi connectivity index (χ2n) is 7.68. The maximum Gasteiger partial charge on any atom is 0.242 e. The van der Waals surface area contributed by atoms with Gasteiger partial charge in [-0.25, -0.2) is 0 Å². The molecular formula is C22H27ClN2O2S. The minimum Gasteiger partial charge on any atom is -0.332 e. The Kier molecular flexibility index (Phi) is 6.78. The number of fused-ring (bicyclic) bond motifs is 1. The lowest BCUT2D eigenvalue weighted by Gasteiger charge is -2.38. The summed E-state index contributed by atoms with van der Waals surface area (Å²) in [4.78, 5) is 30.7. The van der Waals surface area contributed by atoms with Gasteiger partial charge >= 0.3 is 0 Å². The second-order valence-corrected chi connectivity index (χ2v) is 9.33. The van der Waals surface area contributed by atoms with Crippen LogP contribution in [0.2, 0.25) is 0 Å². The number of halogens is 1. The predicted octanol–water partition coefficient (Wildman–Crippen LogP) is 4.33. The summed E-state index contributed by atoms with van der Waals surface area (Å²) in [6.45, 7) is 6.98. The molecule has 0 N–H and O–H groups in total. The molecule has 1 aliphatic rings. The third kappa shape index (κ3) is 4.58. The molecular weight excluding hydrogens is 392 g/mol. The van der Waals surface area contributed by atoms with E-state index in [0.29, 0.717) is 13.1 Å². The smallest absolute Gasteiger partial charge is 0.242 e. The van der Waals surface area contributed by atoms with Crippen molar-refractivity contribution in [3.05, 3.63) is 57.8 Å². The topological polar surface area (TPSA) is 40.6 Å². The maximum atomic E-state index is 13.3. The van der Waals surface area contributed by atoms with Crippen molar-refractivity contribution in [3.8, 4) is 0 Å². The summed E-state index contributed by atoms with van der Waals surface area (Å²) in [6, 6.07) is 12.1. The van der Waals surface area contributed by atoms with Gasteiger partial charge in [0.05, 0.1) is 12.6 Å². The van der Waals surface area contributed by atoms with Crippen LogP contribution in [0, 0.1) is 5.92 Å². The monoisotopic (exact) mass is 418 g/mol. The van der Waals surface area contributed by atoms with E-state index in [-0.39, 0.29) is 30.3 Å². The largest absolute Gasteiger partial charge is 0.332 e. The number of rotatable bonds is 6. The van der Waals surface area contributed by atoms with Gasteiger partial charge in [0, 0.05) is 18.0 Å². The Morgan fingerprint density at radius 1 is 1.21 bits per heavy atom. The number of carbonyl (C=O) groups is 2. The number of amides is 2. The molecule has 1 aromatic carbocycles. The zero-order valence-electron chi connectivity index (χ0n) is 16.6. The molecule has 0 bridgehead atoms. The summed E-state index contributed by atoms with van der Waals surface area (Å²) in [5.74, 6) is 0.0483. The van der Waals surface area contributed by atoms with Crippen molar-refractivity contribution < 1.29 is 9.59 Å². The van der Waals surface area contributed by atoms with E-state index in [9.17, 15) is 9.59 Å². The SMILES string of the molecule is CC(C)CN(CC(=O)N1CCc2sccc2[C@@H]1c1ccccc1)C(=O)[C@H](C)Cl. The third-order valence-electron chi connectivity index (χ3n) is 4.97. The number of nitrogens with zero attached hydrogens (tertiary/aromatic N) is 2. The van der Waals surface area contributed by atoms with Gasteiger partial charge in [0.25, 0.3) is 0 Å². The molecule has 150 valence electrons. The summed E-state index contributed by atoms with van der Waals surface area (Å²) in [5.41, 5.74) is 2.30. The molecule has 0 saturated heterocycles. The number of thiophene rings is 1. The molecule has 28 heavy (non-hydrogen) atoms. The van der Waals surface area contributed by atoms with Crippen LogP contribution in [0.4, 0.5) is 0 Å². The van der Waals surface area contributed by atoms with E-state index >= 15 is 0 Å². The van der Waals surface area contributed by atoms with Crippen molar-refractivity contribution >= 4 is 34.8 Å². The Labute approximate surface area is 176 Å². The first kappa shape index (κ1) is 20.9. The minimum atomic E-state index is -0.638. The minimum absolute atomic E-state index is 0.0305. The highest BCUT2D eigenvalue weighted by Gasteiger charge is 2.34. The average Bonchev–Trinajstić information content (AvgIpc) is 3.15. The molecule has 2 amide bonds. The molecule has 0 radical (unpaired) electrons. The summed E-state index contributed by atoms with van der Waals surface area (Å²) in [5, 5.41) is 1.46. The Bertz CT molecular complexity index is 819. The van der Waals surface area contributed by atoms with Crippen molar-refractivity contribution in [3.63, 3.8) is 0 Å². The van der Waals surface area contributed by atoms with Crippen LogP contribution >= 0.6 is 22.9 Å². The second kappa shape index (κ2) is 9.10. The van der Waals surface area contributed by atoms with Gasteiger partial charge in [0.2, 0.25) is 11.8 Å². The lowest BCUT2D eigenvalue weighted by Crippen LogP contribution is -2.48. The fourth-order valence-electron chi connectivity index (χ4n) is 3.76. The van der Waals surface area contributed by atoms with Crippen molar-refractivity contribution in [1.29, 1.82) is 0 Å². The lowest BCUT2D eigenvalue weighted by molar-refractivity contribution is -0.141. The molecule has 1 aliphatic heterocycles. The molecule has 0 aliphatic carbocycles. The van der Waals surface area contributed by atoms with Crippen molar-refractivity contribution in [2.24, 2.45) is 5.92 Å². The number of benzene rings is 1. The van der Waals surface area contributed by atoms with E-state index in [2.05, 4.69) is 23.6 Å². The molecule has 0 unspecified atom stereocenters. The van der Waals surface area contributed by atoms with Crippen LogP contribution in [0.5, 0.6) is 0 Å². The van der Waals surface area contributed by atoms with E-state index in [4.69, 9.17) is 11.6 Å². The molecule has 3 rings (SSSR count). The molecule has 2 heterocycles. The summed E-state index contributed by atoms with van der Waals surface area (Å²) in [6.07, 6.45) is 0.853. The van der Waals surface area contributed by atoms with Crippen LogP contribution in [0.1, 0.15) is 42.8 Å². The van der Waals surface area contributed by atoms with Gasteiger partial charge in [0.15, 0.2) is 0 Å². The summed E-state index contributed by atoms with van der Waals surface area (Å²) >= 11 is 7.79. The van der Waals surface area contributed by atoms with E-state index in [0.717, 1.165) is 12.0 Å². The van der Waals surface area contributed by atoms with E-state index in [1.807, 2.05) is 36.9 Å². The van der Waals surface area contributed by atoms with Crippen LogP contribution in [-0.4, -0.2) is 46.6 Å². The molecule has 0 saturated carbocycles. The fourth-order valence-corrected chi connectivity index (χ4v) is 4.80. The third-order valence-corrected chi connectivity index (χ3v) is 6.15. The van der Waals surface area contributed by atoms with Gasteiger partial charge in [-0.15, -0.1) is 22.9 Å². The molecule has 2 aromatic rings. The summed E-state index contributed by atoms with van der Waals surface area (Å²) < 4.78 is 0. The van der Waals surface area contributed by atoms with Gasteiger partial charge in [-0.05, 0) is 41.8 Å². The van der Waals surface area contributed by atoms with Gasteiger partial charge in [-0.2, -0.15) is 0 Å². The Hall–Kier alpha value is -1.85. The quantitative estimate of drug-likeness (QED) is 0.655. The molecule has 1 aromatic heterocycles. The number of hydrogen-bond donors (Lipinski definition) is 0. The van der Waals surface area contributed by atoms with Crippen molar-refractivity contribution in [1.82, 2.24) is 9.80 Å². The van der Waals surface area contributed by atoms with E-state index in [1.165, 1.54) is 10.4 Å². The van der Waals surface area contributed by atoms with Crippen LogP contribution in [0.15, 0.2) is 41.8 Å². The zero-order valence-corrected chi connectivity index (χ0v) is 18.2. The van der Waals surface area contributed by atoms with E-state index < -0.39 is 5.38 Å². The van der Waals surface area contributed by atoms with Crippen LogP contribution in [-0.2, 0) is 16.0 Å². The van der Waals surface area contributed by atoms with Gasteiger partial charge in [0.1, 0.15) is 5.38 Å². The van der Waals surface area contributed by atoms with Gasteiger partial charge < -0.3 is 9.80 Å². The van der Waals surface area contributed by atoms with Gasteiger partial charge in [-0.3, -0.25) is 9.59 Å². The summed E-state index contributed by atoms with van der Waals surface area (Å²) in [7, 11) is 0. The first-order valence-corrected chi connectivity index (χ1v) is 11.0. The highest BCUT2D eigenvalue weighted by molar-refractivity contribution is 7.10. The van der Waals surface area contributed by atoms with Crippen LogP contribution < -0.4 is 0 Å². The highest BCUT2D eigenvalue weighted by Crippen LogP contribution is 2.37. The van der Waals surface area contributed by atoms with Crippen molar-refractivity contribution in [2.75, 3.05) is 19.6 Å². The number of hydrogen-bond acceptors (Lipinski definition) is 3. The number of carbonyl (C=O) groups excluding carboxylic acids is 2. The first-order chi connectivity index (χ1) is 13.4. The van der Waals surface area contributed by atoms with Crippen LogP contribution in [0.25, 0.3) is 0 Å². The Morgan fingerprint density at radius 2 is 1.93 bits per heavy atom. The molecule has 0 fully saturated rings. The Morgan fingerprint density at radius 3 is 2.57 bits per heavy atom. The van der Waals surface area contributed by atoms with E-state index in [1.54, 1.807) is 23.2 Å². The zero-order chi connectivity index (χ0) is 20.3.